The largest absolute Gasteiger partial charge is 0.480 e. The van der Waals surface area contributed by atoms with E-state index in [4.69, 9.17) is 0 Å². The molecule has 8 heteroatoms. The van der Waals surface area contributed by atoms with Gasteiger partial charge in [-0.3, -0.25) is 4.79 Å². The standard InChI is InChI=1S/C13H16FNO4S2/c1-3-12-15(10(7-20-12)13(16)17)21(18,19)11-6-9(14)5-4-8(11)2/h4-6,10,12H,3,7H2,1-2H3,(H,16,17). The summed E-state index contributed by atoms with van der Waals surface area (Å²) in [5, 5.41) is 8.79. The first-order valence-electron chi connectivity index (χ1n) is 6.43. The summed E-state index contributed by atoms with van der Waals surface area (Å²) in [6, 6.07) is 2.38. The minimum atomic E-state index is -4.06. The van der Waals surface area contributed by atoms with Crippen LogP contribution in [-0.4, -0.2) is 41.0 Å². The topological polar surface area (TPSA) is 74.7 Å². The number of sulfonamides is 1. The molecule has 1 heterocycles. The molecule has 1 aromatic carbocycles. The zero-order valence-electron chi connectivity index (χ0n) is 11.6. The van der Waals surface area contributed by atoms with Crippen LogP contribution in [0, 0.1) is 12.7 Å². The van der Waals surface area contributed by atoms with E-state index in [1.54, 1.807) is 13.8 Å². The molecule has 0 aliphatic carbocycles. The Kier molecular flexibility index (Phi) is 4.60. The van der Waals surface area contributed by atoms with Crippen molar-refractivity contribution in [1.29, 1.82) is 0 Å². The molecule has 0 saturated carbocycles. The van der Waals surface area contributed by atoms with Crippen molar-refractivity contribution in [2.45, 2.75) is 36.6 Å². The number of carboxylic acid groups (broad SMARTS) is 1. The Morgan fingerprint density at radius 2 is 2.19 bits per heavy atom. The minimum Gasteiger partial charge on any atom is -0.480 e. The van der Waals surface area contributed by atoms with Crippen LogP contribution in [0.3, 0.4) is 0 Å². The van der Waals surface area contributed by atoms with Crippen molar-refractivity contribution in [3.8, 4) is 0 Å². The third-order valence-corrected chi connectivity index (χ3v) is 7.02. The number of halogens is 1. The second kappa shape index (κ2) is 5.94. The van der Waals surface area contributed by atoms with Gasteiger partial charge in [-0.05, 0) is 31.0 Å². The van der Waals surface area contributed by atoms with Crippen molar-refractivity contribution >= 4 is 27.8 Å². The third kappa shape index (κ3) is 2.93. The normalized spacial score (nSPS) is 23.4. The van der Waals surface area contributed by atoms with Gasteiger partial charge in [-0.1, -0.05) is 13.0 Å². The lowest BCUT2D eigenvalue weighted by molar-refractivity contribution is -0.140. The van der Waals surface area contributed by atoms with Crippen LogP contribution in [-0.2, 0) is 14.8 Å². The number of hydrogen-bond donors (Lipinski definition) is 1. The molecule has 1 aromatic rings. The van der Waals surface area contributed by atoms with Gasteiger partial charge in [0.2, 0.25) is 10.0 Å². The van der Waals surface area contributed by atoms with Crippen molar-refractivity contribution in [3.05, 3.63) is 29.6 Å². The molecule has 2 atom stereocenters. The highest BCUT2D eigenvalue weighted by Crippen LogP contribution is 2.37. The molecule has 0 aromatic heterocycles. The van der Waals surface area contributed by atoms with Crippen LogP contribution in [0.4, 0.5) is 4.39 Å². The average molecular weight is 333 g/mol. The molecule has 116 valence electrons. The van der Waals surface area contributed by atoms with Gasteiger partial charge in [0, 0.05) is 5.75 Å². The van der Waals surface area contributed by atoms with Crippen molar-refractivity contribution in [2.75, 3.05) is 5.75 Å². The number of benzene rings is 1. The van der Waals surface area contributed by atoms with Crippen molar-refractivity contribution in [1.82, 2.24) is 4.31 Å². The number of thioether (sulfide) groups is 1. The van der Waals surface area contributed by atoms with Crippen molar-refractivity contribution in [3.63, 3.8) is 0 Å². The van der Waals surface area contributed by atoms with Crippen LogP contribution in [0.15, 0.2) is 23.1 Å². The van der Waals surface area contributed by atoms with E-state index in [2.05, 4.69) is 0 Å². The second-order valence-corrected chi connectivity index (χ2v) is 7.82. The smallest absolute Gasteiger partial charge is 0.322 e. The molecule has 1 N–H and O–H groups in total. The number of carbonyl (C=O) groups is 1. The highest BCUT2D eigenvalue weighted by atomic mass is 32.2. The molecular weight excluding hydrogens is 317 g/mol. The van der Waals surface area contributed by atoms with E-state index in [0.717, 1.165) is 10.4 Å². The molecule has 21 heavy (non-hydrogen) atoms. The maximum Gasteiger partial charge on any atom is 0.322 e. The lowest BCUT2D eigenvalue weighted by Crippen LogP contribution is -2.45. The van der Waals surface area contributed by atoms with Crippen LogP contribution in [0.2, 0.25) is 0 Å². The molecule has 1 aliphatic heterocycles. The summed E-state index contributed by atoms with van der Waals surface area (Å²) in [5.41, 5.74) is 0.396. The first kappa shape index (κ1) is 16.3. The molecule has 2 unspecified atom stereocenters. The predicted octanol–water partition coefficient (Wildman–Crippen LogP) is 2.06. The van der Waals surface area contributed by atoms with E-state index in [0.29, 0.717) is 12.0 Å². The SMILES string of the molecule is CCC1SCC(C(=O)O)N1S(=O)(=O)c1cc(F)ccc1C. The van der Waals surface area contributed by atoms with Gasteiger partial charge in [0.05, 0.1) is 10.3 Å². The monoisotopic (exact) mass is 333 g/mol. The lowest BCUT2D eigenvalue weighted by atomic mass is 10.2. The Morgan fingerprint density at radius 1 is 1.52 bits per heavy atom. The van der Waals surface area contributed by atoms with Crippen LogP contribution in [0.25, 0.3) is 0 Å². The number of carboxylic acids is 1. The average Bonchev–Trinajstić information content (AvgIpc) is 2.86. The summed E-state index contributed by atoms with van der Waals surface area (Å²) in [7, 11) is -4.06. The summed E-state index contributed by atoms with van der Waals surface area (Å²) < 4.78 is 39.9. The summed E-state index contributed by atoms with van der Waals surface area (Å²) >= 11 is 1.29. The highest BCUT2D eigenvalue weighted by molar-refractivity contribution is 8.01. The lowest BCUT2D eigenvalue weighted by Gasteiger charge is -2.26. The number of aliphatic carboxylic acids is 1. The van der Waals surface area contributed by atoms with E-state index in [1.165, 1.54) is 23.9 Å². The molecule has 0 amide bonds. The van der Waals surface area contributed by atoms with Crippen LogP contribution >= 0.6 is 11.8 Å². The third-order valence-electron chi connectivity index (χ3n) is 3.38. The summed E-state index contributed by atoms with van der Waals surface area (Å²) in [6.07, 6.45) is 0.488. The van der Waals surface area contributed by atoms with Gasteiger partial charge in [-0.25, -0.2) is 12.8 Å². The Hall–Kier alpha value is -1.12. The maximum atomic E-state index is 13.4. The predicted molar refractivity (Wildman–Crippen MR) is 78.1 cm³/mol. The summed E-state index contributed by atoms with van der Waals surface area (Å²) in [4.78, 5) is 11.1. The fourth-order valence-corrected chi connectivity index (χ4v) is 6.09. The Labute approximate surface area is 127 Å². The molecule has 1 aliphatic rings. The van der Waals surface area contributed by atoms with E-state index in [-0.39, 0.29) is 10.6 Å². The first-order valence-corrected chi connectivity index (χ1v) is 8.92. The van der Waals surface area contributed by atoms with Crippen molar-refractivity contribution in [2.24, 2.45) is 0 Å². The van der Waals surface area contributed by atoms with Crippen LogP contribution in [0.1, 0.15) is 18.9 Å². The van der Waals surface area contributed by atoms with E-state index >= 15 is 0 Å². The summed E-state index contributed by atoms with van der Waals surface area (Å²) in [5.74, 6) is -1.65. The minimum absolute atomic E-state index is 0.172. The van der Waals surface area contributed by atoms with Gasteiger partial charge < -0.3 is 5.11 Å². The molecule has 0 bridgehead atoms. The Bertz CT molecular complexity index is 662. The fourth-order valence-electron chi connectivity index (χ4n) is 2.32. The van der Waals surface area contributed by atoms with E-state index < -0.39 is 33.2 Å². The number of hydrogen-bond acceptors (Lipinski definition) is 4. The number of nitrogens with zero attached hydrogens (tertiary/aromatic N) is 1. The van der Waals surface area contributed by atoms with Crippen molar-refractivity contribution < 1.29 is 22.7 Å². The molecule has 5 nitrogen and oxygen atoms in total. The molecule has 1 fully saturated rings. The van der Waals surface area contributed by atoms with E-state index in [9.17, 15) is 22.7 Å². The zero-order chi connectivity index (χ0) is 15.8. The molecule has 0 spiro atoms. The molecule has 2 rings (SSSR count). The first-order chi connectivity index (χ1) is 9.78. The Balaban J connectivity index is 2.54. The zero-order valence-corrected chi connectivity index (χ0v) is 13.2. The maximum absolute atomic E-state index is 13.4. The quantitative estimate of drug-likeness (QED) is 0.913. The van der Waals surface area contributed by atoms with Gasteiger partial charge in [0.25, 0.3) is 0 Å². The van der Waals surface area contributed by atoms with Gasteiger partial charge in [0.15, 0.2) is 0 Å². The number of rotatable bonds is 4. The van der Waals surface area contributed by atoms with Crippen LogP contribution < -0.4 is 0 Å². The van der Waals surface area contributed by atoms with E-state index in [1.807, 2.05) is 0 Å². The fraction of sp³-hybridized carbons (Fsp3) is 0.462. The highest BCUT2D eigenvalue weighted by Gasteiger charge is 2.46. The number of aryl methyl sites for hydroxylation is 1. The molecule has 0 radical (unpaired) electrons. The van der Waals surface area contributed by atoms with Crippen LogP contribution in [0.5, 0.6) is 0 Å². The summed E-state index contributed by atoms with van der Waals surface area (Å²) in [6.45, 7) is 3.36. The van der Waals surface area contributed by atoms with Gasteiger partial charge in [-0.2, -0.15) is 4.31 Å². The molecular formula is C13H16FNO4S2. The van der Waals surface area contributed by atoms with Gasteiger partial charge in [-0.15, -0.1) is 11.8 Å². The Morgan fingerprint density at radius 3 is 2.76 bits per heavy atom. The second-order valence-electron chi connectivity index (χ2n) is 4.80. The van der Waals surface area contributed by atoms with Gasteiger partial charge in [0.1, 0.15) is 11.9 Å². The molecule has 1 saturated heterocycles. The van der Waals surface area contributed by atoms with Gasteiger partial charge >= 0.3 is 5.97 Å².